The number of nitrogens with two attached hydrogens (primary N) is 1. The Labute approximate surface area is 115 Å². The van der Waals surface area contributed by atoms with Crippen LogP contribution in [0.15, 0.2) is 23.5 Å². The highest BCUT2D eigenvalue weighted by Crippen LogP contribution is 2.24. The maximum atomic E-state index is 6.01. The molecule has 0 radical (unpaired) electrons. The maximum Gasteiger partial charge on any atom is 0.191 e. The van der Waals surface area contributed by atoms with E-state index < -0.39 is 0 Å². The Kier molecular flexibility index (Phi) is 4.57. The average Bonchev–Trinajstić information content (AvgIpc) is 2.79. The summed E-state index contributed by atoms with van der Waals surface area (Å²) < 4.78 is 2.01. The van der Waals surface area contributed by atoms with Crippen molar-refractivity contribution in [2.24, 2.45) is 5.73 Å². The second-order valence-electron chi connectivity index (χ2n) is 3.59. The topological polar surface area (TPSA) is 69.6 Å². The van der Waals surface area contributed by atoms with Gasteiger partial charge in [0.05, 0.1) is 6.54 Å². The molecule has 0 unspecified atom stereocenters. The second kappa shape index (κ2) is 6.17. The molecule has 5 nitrogen and oxygen atoms in total. The molecule has 18 heavy (non-hydrogen) atoms. The van der Waals surface area contributed by atoms with Crippen molar-refractivity contribution in [3.8, 4) is 0 Å². The van der Waals surface area contributed by atoms with E-state index in [4.69, 9.17) is 17.3 Å². The number of hydrogen-bond acceptors (Lipinski definition) is 5. The van der Waals surface area contributed by atoms with Crippen LogP contribution in [0, 0.1) is 0 Å². The Hall–Kier alpha value is -1.11. The lowest BCUT2D eigenvalue weighted by Gasteiger charge is -2.06. The lowest BCUT2D eigenvalue weighted by molar-refractivity contribution is 0.643. The monoisotopic (exact) mass is 283 g/mol. The van der Waals surface area contributed by atoms with Crippen LogP contribution in [-0.4, -0.2) is 19.7 Å². The average molecular weight is 284 g/mol. The van der Waals surface area contributed by atoms with Crippen LogP contribution in [0.4, 0.5) is 0 Å². The minimum atomic E-state index is 0.398. The zero-order chi connectivity index (χ0) is 13.0. The Balaban J connectivity index is 2.11. The van der Waals surface area contributed by atoms with Crippen molar-refractivity contribution in [3.05, 3.63) is 34.9 Å². The van der Waals surface area contributed by atoms with Crippen molar-refractivity contribution in [3.63, 3.8) is 0 Å². The highest BCUT2D eigenvalue weighted by molar-refractivity contribution is 7.98. The first-order valence-corrected chi connectivity index (χ1v) is 6.97. The fourth-order valence-electron chi connectivity index (χ4n) is 1.56. The highest BCUT2D eigenvalue weighted by Gasteiger charge is 2.10. The van der Waals surface area contributed by atoms with Crippen LogP contribution in [-0.2, 0) is 18.8 Å². The van der Waals surface area contributed by atoms with E-state index in [9.17, 15) is 0 Å². The van der Waals surface area contributed by atoms with E-state index in [0.717, 1.165) is 28.8 Å². The van der Waals surface area contributed by atoms with Gasteiger partial charge in [-0.05, 0) is 18.6 Å². The lowest BCUT2D eigenvalue weighted by atomic mass is 10.3. The molecule has 0 saturated heterocycles. The van der Waals surface area contributed by atoms with Crippen molar-refractivity contribution >= 4 is 23.4 Å². The third-order valence-corrected chi connectivity index (χ3v) is 3.84. The summed E-state index contributed by atoms with van der Waals surface area (Å²) in [6.07, 6.45) is 1.68. The molecule has 0 fully saturated rings. The zero-order valence-corrected chi connectivity index (χ0v) is 11.6. The largest absolute Gasteiger partial charge is 0.324 e. The molecule has 0 atom stereocenters. The van der Waals surface area contributed by atoms with Gasteiger partial charge in [-0.2, -0.15) is 0 Å². The number of halogens is 1. The van der Waals surface area contributed by atoms with E-state index in [-0.39, 0.29) is 0 Å². The summed E-state index contributed by atoms with van der Waals surface area (Å²) in [5.41, 5.74) is 6.60. The van der Waals surface area contributed by atoms with Crippen LogP contribution in [0.5, 0.6) is 0 Å². The third kappa shape index (κ3) is 2.82. The molecule has 2 rings (SSSR count). The first-order chi connectivity index (χ1) is 8.76. The summed E-state index contributed by atoms with van der Waals surface area (Å²) in [7, 11) is 0. The van der Waals surface area contributed by atoms with E-state index in [2.05, 4.69) is 15.2 Å². The van der Waals surface area contributed by atoms with Crippen LogP contribution in [0.2, 0.25) is 5.15 Å². The minimum absolute atomic E-state index is 0.398. The van der Waals surface area contributed by atoms with Crippen molar-refractivity contribution in [1.82, 2.24) is 19.7 Å². The lowest BCUT2D eigenvalue weighted by Crippen LogP contribution is -2.08. The third-order valence-electron chi connectivity index (χ3n) is 2.49. The van der Waals surface area contributed by atoms with E-state index >= 15 is 0 Å². The Morgan fingerprint density at radius 3 is 2.94 bits per heavy atom. The molecule has 2 aromatic heterocycles. The van der Waals surface area contributed by atoms with Crippen molar-refractivity contribution in [2.45, 2.75) is 30.9 Å². The van der Waals surface area contributed by atoms with Gasteiger partial charge in [-0.25, -0.2) is 4.98 Å². The summed E-state index contributed by atoms with van der Waals surface area (Å²) in [4.78, 5) is 4.04. The van der Waals surface area contributed by atoms with Crippen LogP contribution in [0.1, 0.15) is 18.3 Å². The number of rotatable bonds is 5. The molecular formula is C11H14ClN5S. The predicted octanol–water partition coefficient (Wildman–Crippen LogP) is 2.10. The summed E-state index contributed by atoms with van der Waals surface area (Å²) >= 11 is 7.59. The summed E-state index contributed by atoms with van der Waals surface area (Å²) in [5, 5.41) is 9.59. The number of aromatic nitrogens is 4. The summed E-state index contributed by atoms with van der Waals surface area (Å²) in [6.45, 7) is 3.25. The normalized spacial score (nSPS) is 10.8. The molecule has 2 heterocycles. The zero-order valence-electron chi connectivity index (χ0n) is 10.0. The molecule has 2 aromatic rings. The van der Waals surface area contributed by atoms with Crippen LogP contribution >= 0.6 is 23.4 Å². The quantitative estimate of drug-likeness (QED) is 0.672. The van der Waals surface area contributed by atoms with Gasteiger partial charge in [0, 0.05) is 18.5 Å². The van der Waals surface area contributed by atoms with Crippen molar-refractivity contribution < 1.29 is 0 Å². The first-order valence-electron chi connectivity index (χ1n) is 5.60. The smallest absolute Gasteiger partial charge is 0.191 e. The fraction of sp³-hybridized carbons (Fsp3) is 0.364. The van der Waals surface area contributed by atoms with Crippen LogP contribution in [0.3, 0.4) is 0 Å². The standard InChI is InChI=1S/C11H14ClN5S/c1-2-17-9(6-13)15-16-11(17)18-7-8-4-3-5-14-10(8)12/h3-5H,2,6-7,13H2,1H3. The SMILES string of the molecule is CCn1c(CN)nnc1SCc1cccnc1Cl. The number of nitrogens with zero attached hydrogens (tertiary/aromatic N) is 4. The van der Waals surface area contributed by atoms with Crippen molar-refractivity contribution in [2.75, 3.05) is 0 Å². The Bertz CT molecular complexity index is 528. The van der Waals surface area contributed by atoms with Gasteiger partial charge in [-0.3, -0.25) is 0 Å². The molecule has 0 bridgehead atoms. The number of hydrogen-bond donors (Lipinski definition) is 1. The number of pyridine rings is 1. The first kappa shape index (κ1) is 13.3. The van der Waals surface area contributed by atoms with Gasteiger partial charge in [0.2, 0.25) is 0 Å². The van der Waals surface area contributed by atoms with Gasteiger partial charge >= 0.3 is 0 Å². The van der Waals surface area contributed by atoms with E-state index in [0.29, 0.717) is 11.7 Å². The number of thioether (sulfide) groups is 1. The molecule has 0 saturated carbocycles. The molecule has 2 N–H and O–H groups in total. The van der Waals surface area contributed by atoms with Gasteiger partial charge in [0.15, 0.2) is 5.16 Å². The van der Waals surface area contributed by atoms with Crippen molar-refractivity contribution in [1.29, 1.82) is 0 Å². The van der Waals surface area contributed by atoms with E-state index in [1.807, 2.05) is 23.6 Å². The molecule has 0 aliphatic rings. The Morgan fingerprint density at radius 2 is 2.28 bits per heavy atom. The molecule has 0 aliphatic heterocycles. The second-order valence-corrected chi connectivity index (χ2v) is 4.89. The summed E-state index contributed by atoms with van der Waals surface area (Å²) in [5.74, 6) is 1.52. The van der Waals surface area contributed by atoms with Gasteiger partial charge in [0.25, 0.3) is 0 Å². The van der Waals surface area contributed by atoms with E-state index in [1.165, 1.54) is 0 Å². The molecule has 7 heteroatoms. The maximum absolute atomic E-state index is 6.01. The van der Waals surface area contributed by atoms with Gasteiger partial charge in [0.1, 0.15) is 11.0 Å². The molecule has 0 spiro atoms. The van der Waals surface area contributed by atoms with Crippen LogP contribution in [0.25, 0.3) is 0 Å². The molecule has 0 aromatic carbocycles. The van der Waals surface area contributed by atoms with E-state index in [1.54, 1.807) is 18.0 Å². The fourth-order valence-corrected chi connectivity index (χ4v) is 2.84. The highest BCUT2D eigenvalue weighted by atomic mass is 35.5. The Morgan fingerprint density at radius 1 is 1.44 bits per heavy atom. The molecule has 0 amide bonds. The molecule has 0 aliphatic carbocycles. The van der Waals surface area contributed by atoms with Crippen LogP contribution < -0.4 is 5.73 Å². The predicted molar refractivity (Wildman–Crippen MR) is 72.4 cm³/mol. The van der Waals surface area contributed by atoms with Gasteiger partial charge in [-0.1, -0.05) is 29.4 Å². The molecule has 96 valence electrons. The minimum Gasteiger partial charge on any atom is -0.324 e. The summed E-state index contributed by atoms with van der Waals surface area (Å²) in [6, 6.07) is 3.83. The van der Waals surface area contributed by atoms with Gasteiger partial charge < -0.3 is 10.3 Å². The van der Waals surface area contributed by atoms with Gasteiger partial charge in [-0.15, -0.1) is 10.2 Å². The molecular weight excluding hydrogens is 270 g/mol.